The Morgan fingerprint density at radius 1 is 1.20 bits per heavy atom. The molecule has 0 atom stereocenters. The summed E-state index contributed by atoms with van der Waals surface area (Å²) in [5.41, 5.74) is 0. The largest absolute Gasteiger partial charge is 0.396 e. The topological polar surface area (TPSA) is 74.6 Å². The maximum atomic E-state index is 9.98. The third kappa shape index (κ3) is 11.6. The van der Waals surface area contributed by atoms with Gasteiger partial charge in [-0.3, -0.25) is 4.55 Å². The van der Waals surface area contributed by atoms with Gasteiger partial charge in [0, 0.05) is 36.2 Å². The first-order valence-electron chi connectivity index (χ1n) is 2.62. The van der Waals surface area contributed by atoms with E-state index in [9.17, 15) is 8.42 Å². The standard InChI is InChI=1S/C4H10O4S.Na/c5-3-1-2-4-9(6,7)8;/h5H,1-4H2,(H,6,7,8);. The third-order valence-corrected chi connectivity index (χ3v) is 1.61. The van der Waals surface area contributed by atoms with Crippen molar-refractivity contribution in [3.05, 3.63) is 0 Å². The second kappa shape index (κ2) is 6.57. The molecular formula is C4H10NaO4S. The zero-order valence-electron chi connectivity index (χ0n) is 5.95. The normalized spacial score (nSPS) is 10.6. The van der Waals surface area contributed by atoms with Gasteiger partial charge in [0.1, 0.15) is 0 Å². The van der Waals surface area contributed by atoms with Crippen LogP contribution in [0, 0.1) is 0 Å². The van der Waals surface area contributed by atoms with Crippen molar-refractivity contribution >= 4 is 39.7 Å². The van der Waals surface area contributed by atoms with E-state index in [4.69, 9.17) is 9.66 Å². The average molecular weight is 177 g/mol. The summed E-state index contributed by atoms with van der Waals surface area (Å²) < 4.78 is 28.1. The van der Waals surface area contributed by atoms with Crippen LogP contribution in [0.3, 0.4) is 0 Å². The van der Waals surface area contributed by atoms with E-state index in [1.54, 1.807) is 0 Å². The molecule has 0 fully saturated rings. The van der Waals surface area contributed by atoms with Gasteiger partial charge in [-0.25, -0.2) is 0 Å². The molecule has 0 aliphatic heterocycles. The molecule has 0 aromatic rings. The quantitative estimate of drug-likeness (QED) is 0.337. The first kappa shape index (κ1) is 13.5. The predicted octanol–water partition coefficient (Wildman–Crippen LogP) is -0.734. The Hall–Kier alpha value is 0.870. The Labute approximate surface area is 82.7 Å². The molecule has 0 aromatic carbocycles. The first-order valence-corrected chi connectivity index (χ1v) is 4.23. The monoisotopic (exact) mass is 177 g/mol. The number of unbranched alkanes of at least 4 members (excludes halogenated alkanes) is 1. The summed E-state index contributed by atoms with van der Waals surface area (Å²) in [4.78, 5) is 0. The Kier molecular flexibility index (Phi) is 8.85. The smallest absolute Gasteiger partial charge is 0.264 e. The molecule has 0 unspecified atom stereocenters. The molecule has 0 rings (SSSR count). The van der Waals surface area contributed by atoms with Crippen LogP contribution < -0.4 is 0 Å². The van der Waals surface area contributed by atoms with Crippen LogP contribution in [-0.2, 0) is 10.1 Å². The molecular weight excluding hydrogens is 167 g/mol. The van der Waals surface area contributed by atoms with Crippen molar-refractivity contribution < 1.29 is 18.1 Å². The average Bonchev–Trinajstić information content (AvgIpc) is 1.63. The molecule has 10 heavy (non-hydrogen) atoms. The van der Waals surface area contributed by atoms with Crippen LogP contribution in [0.1, 0.15) is 12.8 Å². The summed E-state index contributed by atoms with van der Waals surface area (Å²) in [6.45, 7) is -0.0322. The maximum Gasteiger partial charge on any atom is 0.264 e. The molecule has 2 N–H and O–H groups in total. The number of hydrogen-bond acceptors (Lipinski definition) is 3. The van der Waals surface area contributed by atoms with Crippen molar-refractivity contribution in [2.75, 3.05) is 12.4 Å². The summed E-state index contributed by atoms with van der Waals surface area (Å²) >= 11 is 0. The van der Waals surface area contributed by atoms with Crippen molar-refractivity contribution in [3.8, 4) is 0 Å². The van der Waals surface area contributed by atoms with Gasteiger partial charge in [0.2, 0.25) is 0 Å². The van der Waals surface area contributed by atoms with E-state index in [-0.39, 0.29) is 41.9 Å². The Morgan fingerprint density at radius 2 is 1.70 bits per heavy atom. The second-order valence-corrected chi connectivity index (χ2v) is 3.29. The fourth-order valence-corrected chi connectivity index (χ4v) is 0.965. The van der Waals surface area contributed by atoms with E-state index in [1.807, 2.05) is 0 Å². The van der Waals surface area contributed by atoms with Gasteiger partial charge in [-0.05, 0) is 12.8 Å². The fourth-order valence-electron chi connectivity index (χ4n) is 0.396. The van der Waals surface area contributed by atoms with Crippen LogP contribution in [0.15, 0.2) is 0 Å². The van der Waals surface area contributed by atoms with Gasteiger partial charge in [-0.2, -0.15) is 8.42 Å². The fraction of sp³-hybridized carbons (Fsp3) is 1.00. The number of aliphatic hydroxyl groups is 1. The van der Waals surface area contributed by atoms with Crippen LogP contribution in [0.5, 0.6) is 0 Å². The maximum absolute atomic E-state index is 9.98. The van der Waals surface area contributed by atoms with Crippen LogP contribution in [0.4, 0.5) is 0 Å². The molecule has 0 spiro atoms. The van der Waals surface area contributed by atoms with E-state index >= 15 is 0 Å². The summed E-state index contributed by atoms with van der Waals surface area (Å²) in [6, 6.07) is 0. The van der Waals surface area contributed by atoms with Gasteiger partial charge >= 0.3 is 0 Å². The molecule has 0 saturated carbocycles. The first-order chi connectivity index (χ1) is 4.06. The van der Waals surface area contributed by atoms with Crippen molar-refractivity contribution in [3.63, 3.8) is 0 Å². The van der Waals surface area contributed by atoms with Crippen molar-refractivity contribution in [2.24, 2.45) is 0 Å². The van der Waals surface area contributed by atoms with Crippen molar-refractivity contribution in [1.82, 2.24) is 0 Å². The predicted molar refractivity (Wildman–Crippen MR) is 38.5 cm³/mol. The van der Waals surface area contributed by atoms with Gasteiger partial charge < -0.3 is 5.11 Å². The molecule has 0 saturated heterocycles. The Bertz CT molecular complexity index is 153. The summed E-state index contributed by atoms with van der Waals surface area (Å²) in [5.74, 6) is -0.256. The number of rotatable bonds is 4. The van der Waals surface area contributed by atoms with Gasteiger partial charge in [-0.1, -0.05) is 0 Å². The van der Waals surface area contributed by atoms with Crippen LogP contribution in [0.25, 0.3) is 0 Å². The van der Waals surface area contributed by atoms with Gasteiger partial charge in [0.25, 0.3) is 10.1 Å². The molecule has 6 heteroatoms. The molecule has 1 radical (unpaired) electrons. The minimum atomic E-state index is -3.81. The van der Waals surface area contributed by atoms with E-state index in [2.05, 4.69) is 0 Å². The van der Waals surface area contributed by atoms with Crippen LogP contribution in [0.2, 0.25) is 0 Å². The molecule has 57 valence electrons. The molecule has 4 nitrogen and oxygen atoms in total. The second-order valence-electron chi connectivity index (χ2n) is 1.72. The zero-order valence-corrected chi connectivity index (χ0v) is 8.76. The molecule has 0 amide bonds. The summed E-state index contributed by atoms with van der Waals surface area (Å²) in [7, 11) is -3.81. The molecule has 0 aliphatic carbocycles. The van der Waals surface area contributed by atoms with Crippen molar-refractivity contribution in [1.29, 1.82) is 0 Å². The van der Waals surface area contributed by atoms with Crippen molar-refractivity contribution in [2.45, 2.75) is 12.8 Å². The van der Waals surface area contributed by atoms with Gasteiger partial charge in [-0.15, -0.1) is 0 Å². The number of hydrogen-bond donors (Lipinski definition) is 2. The minimum Gasteiger partial charge on any atom is -0.396 e. The van der Waals surface area contributed by atoms with Crippen LogP contribution in [-0.4, -0.2) is 60.0 Å². The van der Waals surface area contributed by atoms with Gasteiger partial charge in [0.05, 0.1) is 5.75 Å². The Morgan fingerprint density at radius 3 is 2.00 bits per heavy atom. The Balaban J connectivity index is 0. The molecule has 0 aromatic heterocycles. The van der Waals surface area contributed by atoms with E-state index in [0.717, 1.165) is 0 Å². The number of aliphatic hydroxyl groups excluding tert-OH is 1. The molecule has 0 aliphatic rings. The summed E-state index contributed by atoms with van der Waals surface area (Å²) in [5, 5.41) is 8.19. The zero-order chi connectivity index (χ0) is 7.33. The van der Waals surface area contributed by atoms with E-state index in [1.165, 1.54) is 0 Å². The van der Waals surface area contributed by atoms with E-state index < -0.39 is 10.1 Å². The molecule has 0 bridgehead atoms. The summed E-state index contributed by atoms with van der Waals surface area (Å²) in [6.07, 6.45) is 0.731. The van der Waals surface area contributed by atoms with E-state index in [0.29, 0.717) is 12.8 Å². The minimum absolute atomic E-state index is 0. The molecule has 0 heterocycles. The van der Waals surface area contributed by atoms with Gasteiger partial charge in [0.15, 0.2) is 0 Å². The third-order valence-electron chi connectivity index (χ3n) is 0.810. The van der Waals surface area contributed by atoms with Crippen LogP contribution >= 0.6 is 0 Å². The SMILES string of the molecule is O=S(=O)(O)CCCCO.[Na].